The molecule has 0 aliphatic carbocycles. The van der Waals surface area contributed by atoms with Gasteiger partial charge in [0.2, 0.25) is 0 Å². The summed E-state index contributed by atoms with van der Waals surface area (Å²) in [5.41, 5.74) is 3.00. The van der Waals surface area contributed by atoms with Crippen LogP contribution in [0.4, 0.5) is 10.1 Å². The van der Waals surface area contributed by atoms with Crippen LogP contribution in [0.5, 0.6) is 0 Å². The van der Waals surface area contributed by atoms with Gasteiger partial charge in [-0.3, -0.25) is 4.79 Å². The van der Waals surface area contributed by atoms with Crippen LogP contribution < -0.4 is 5.32 Å². The Balaban J connectivity index is 1.20. The number of fused-ring (bicyclic) bond motifs is 1. The zero-order chi connectivity index (χ0) is 18.6. The molecule has 1 unspecified atom stereocenters. The van der Waals surface area contributed by atoms with Gasteiger partial charge in [-0.05, 0) is 62.0 Å². The van der Waals surface area contributed by atoms with Gasteiger partial charge in [0, 0.05) is 17.8 Å². The molecule has 2 aliphatic rings. The molecule has 0 saturated carbocycles. The molecule has 1 amide bonds. The Labute approximate surface area is 159 Å². The molecule has 0 spiro atoms. The number of carbonyl (C=O) groups is 1. The molecule has 1 N–H and O–H groups in total. The topological polar surface area (TPSA) is 41.6 Å². The zero-order valence-corrected chi connectivity index (χ0v) is 15.4. The molecule has 2 aromatic carbocycles. The molecule has 4 nitrogen and oxygen atoms in total. The van der Waals surface area contributed by atoms with Gasteiger partial charge < -0.3 is 15.0 Å². The molecular weight excluding hydrogens is 343 g/mol. The predicted octanol–water partition coefficient (Wildman–Crippen LogP) is 3.79. The first kappa shape index (κ1) is 18.1. The minimum atomic E-state index is -0.489. The summed E-state index contributed by atoms with van der Waals surface area (Å²) in [4.78, 5) is 14.5. The number of amides is 1. The van der Waals surface area contributed by atoms with Gasteiger partial charge in [0.25, 0.3) is 5.91 Å². The van der Waals surface area contributed by atoms with Crippen molar-refractivity contribution in [2.45, 2.75) is 25.4 Å². The Morgan fingerprint density at radius 1 is 1.07 bits per heavy atom. The summed E-state index contributed by atoms with van der Waals surface area (Å²) in [7, 11) is 0. The molecule has 0 bridgehead atoms. The Kier molecular flexibility index (Phi) is 5.50. The van der Waals surface area contributed by atoms with Gasteiger partial charge in [0.15, 0.2) is 6.10 Å². The third-order valence-electron chi connectivity index (χ3n) is 5.58. The van der Waals surface area contributed by atoms with Crippen LogP contribution in [0, 0.1) is 11.7 Å². The number of anilines is 1. The lowest BCUT2D eigenvalue weighted by atomic mass is 9.90. The summed E-state index contributed by atoms with van der Waals surface area (Å²) in [6.45, 7) is 3.48. The molecule has 27 heavy (non-hydrogen) atoms. The SMILES string of the molecule is O=C1Nc2ccccc2C1OCCN1CCC(Cc2ccc(F)cc2)CC1. The van der Waals surface area contributed by atoms with Crippen molar-refractivity contribution in [3.8, 4) is 0 Å². The van der Waals surface area contributed by atoms with Crippen molar-refractivity contribution in [3.63, 3.8) is 0 Å². The number of likely N-dealkylation sites (tertiary alicyclic amines) is 1. The summed E-state index contributed by atoms with van der Waals surface area (Å²) < 4.78 is 18.9. The lowest BCUT2D eigenvalue weighted by Crippen LogP contribution is -2.37. The molecule has 2 aromatic rings. The summed E-state index contributed by atoms with van der Waals surface area (Å²) in [5.74, 6) is 0.404. The van der Waals surface area contributed by atoms with E-state index >= 15 is 0 Å². The molecule has 0 aromatic heterocycles. The summed E-state index contributed by atoms with van der Waals surface area (Å²) >= 11 is 0. The zero-order valence-electron chi connectivity index (χ0n) is 15.4. The molecule has 1 atom stereocenters. The summed E-state index contributed by atoms with van der Waals surface area (Å²) in [6, 6.07) is 14.6. The highest BCUT2D eigenvalue weighted by atomic mass is 19.1. The van der Waals surface area contributed by atoms with E-state index in [2.05, 4.69) is 10.2 Å². The van der Waals surface area contributed by atoms with Crippen LogP contribution >= 0.6 is 0 Å². The standard InChI is InChI=1S/C22H25FN2O2/c23-18-7-5-16(6-8-18)15-17-9-11-25(12-10-17)13-14-27-21-19-3-1-2-4-20(19)24-22(21)26/h1-8,17,21H,9-15H2,(H,24,26). The van der Waals surface area contributed by atoms with Crippen LogP contribution in [0.3, 0.4) is 0 Å². The van der Waals surface area contributed by atoms with Gasteiger partial charge >= 0.3 is 0 Å². The lowest BCUT2D eigenvalue weighted by Gasteiger charge is -2.32. The number of para-hydroxylation sites is 1. The molecule has 5 heteroatoms. The minimum Gasteiger partial charge on any atom is -0.362 e. The Bertz CT molecular complexity index is 785. The number of rotatable bonds is 6. The third kappa shape index (κ3) is 4.37. The molecule has 2 aliphatic heterocycles. The van der Waals surface area contributed by atoms with Crippen LogP contribution in [-0.4, -0.2) is 37.0 Å². The van der Waals surface area contributed by atoms with Gasteiger partial charge in [-0.2, -0.15) is 0 Å². The Morgan fingerprint density at radius 3 is 2.59 bits per heavy atom. The van der Waals surface area contributed by atoms with E-state index in [1.807, 2.05) is 36.4 Å². The highest BCUT2D eigenvalue weighted by molar-refractivity contribution is 6.01. The van der Waals surface area contributed by atoms with Crippen molar-refractivity contribution >= 4 is 11.6 Å². The molecule has 142 valence electrons. The molecular formula is C22H25FN2O2. The van der Waals surface area contributed by atoms with Crippen molar-refractivity contribution in [1.82, 2.24) is 4.90 Å². The Morgan fingerprint density at radius 2 is 1.81 bits per heavy atom. The van der Waals surface area contributed by atoms with E-state index in [1.165, 1.54) is 5.56 Å². The second kappa shape index (κ2) is 8.19. The van der Waals surface area contributed by atoms with Gasteiger partial charge in [0.05, 0.1) is 6.61 Å². The fourth-order valence-corrected chi connectivity index (χ4v) is 4.01. The van der Waals surface area contributed by atoms with E-state index in [-0.39, 0.29) is 11.7 Å². The highest BCUT2D eigenvalue weighted by Gasteiger charge is 2.31. The van der Waals surface area contributed by atoms with Crippen LogP contribution in [0.15, 0.2) is 48.5 Å². The maximum absolute atomic E-state index is 13.0. The van der Waals surface area contributed by atoms with Crippen molar-refractivity contribution in [3.05, 3.63) is 65.5 Å². The lowest BCUT2D eigenvalue weighted by molar-refractivity contribution is -0.127. The smallest absolute Gasteiger partial charge is 0.258 e. The third-order valence-corrected chi connectivity index (χ3v) is 5.58. The van der Waals surface area contributed by atoms with Crippen molar-refractivity contribution < 1.29 is 13.9 Å². The monoisotopic (exact) mass is 368 g/mol. The minimum absolute atomic E-state index is 0.0748. The van der Waals surface area contributed by atoms with E-state index in [1.54, 1.807) is 12.1 Å². The van der Waals surface area contributed by atoms with E-state index in [0.717, 1.165) is 50.1 Å². The van der Waals surface area contributed by atoms with Crippen LogP contribution in [0.1, 0.15) is 30.1 Å². The summed E-state index contributed by atoms with van der Waals surface area (Å²) in [6.07, 6.45) is 2.81. The van der Waals surface area contributed by atoms with E-state index in [9.17, 15) is 9.18 Å². The van der Waals surface area contributed by atoms with E-state index in [0.29, 0.717) is 12.5 Å². The quantitative estimate of drug-likeness (QED) is 0.843. The number of nitrogens with zero attached hydrogens (tertiary/aromatic N) is 1. The number of benzene rings is 2. The van der Waals surface area contributed by atoms with Gasteiger partial charge in [-0.1, -0.05) is 30.3 Å². The van der Waals surface area contributed by atoms with Crippen LogP contribution in [0.25, 0.3) is 0 Å². The number of piperidine rings is 1. The van der Waals surface area contributed by atoms with Gasteiger partial charge in [0.1, 0.15) is 5.82 Å². The highest BCUT2D eigenvalue weighted by Crippen LogP contribution is 2.32. The van der Waals surface area contributed by atoms with Crippen LogP contribution in [-0.2, 0) is 16.0 Å². The first-order chi connectivity index (χ1) is 13.2. The van der Waals surface area contributed by atoms with Gasteiger partial charge in [-0.15, -0.1) is 0 Å². The number of hydrogen-bond acceptors (Lipinski definition) is 3. The molecule has 1 saturated heterocycles. The Hall–Kier alpha value is -2.24. The normalized spacial score (nSPS) is 20.5. The first-order valence-corrected chi connectivity index (χ1v) is 9.67. The molecule has 1 fully saturated rings. The number of halogens is 1. The van der Waals surface area contributed by atoms with Crippen LogP contribution in [0.2, 0.25) is 0 Å². The number of nitrogens with one attached hydrogen (secondary N) is 1. The summed E-state index contributed by atoms with van der Waals surface area (Å²) in [5, 5.41) is 2.87. The first-order valence-electron chi connectivity index (χ1n) is 9.67. The fourth-order valence-electron chi connectivity index (χ4n) is 4.01. The maximum atomic E-state index is 13.0. The second-order valence-corrected chi connectivity index (χ2v) is 7.44. The van der Waals surface area contributed by atoms with Crippen molar-refractivity contribution in [2.75, 3.05) is 31.6 Å². The largest absolute Gasteiger partial charge is 0.362 e. The maximum Gasteiger partial charge on any atom is 0.258 e. The van der Waals surface area contributed by atoms with E-state index < -0.39 is 6.10 Å². The molecule has 0 radical (unpaired) electrons. The van der Waals surface area contributed by atoms with Crippen molar-refractivity contribution in [2.24, 2.45) is 5.92 Å². The second-order valence-electron chi connectivity index (χ2n) is 7.44. The number of carbonyl (C=O) groups excluding carboxylic acids is 1. The molecule has 2 heterocycles. The van der Waals surface area contributed by atoms with E-state index in [4.69, 9.17) is 4.74 Å². The fraction of sp³-hybridized carbons (Fsp3) is 0.409. The predicted molar refractivity (Wildman–Crippen MR) is 103 cm³/mol. The number of hydrogen-bond donors (Lipinski definition) is 1. The molecule has 4 rings (SSSR count). The number of ether oxygens (including phenoxy) is 1. The average Bonchev–Trinajstić information content (AvgIpc) is 3.00. The van der Waals surface area contributed by atoms with Gasteiger partial charge in [-0.25, -0.2) is 4.39 Å². The average molecular weight is 368 g/mol. The van der Waals surface area contributed by atoms with Crippen molar-refractivity contribution in [1.29, 1.82) is 0 Å².